The molecule has 5 heteroatoms. The highest BCUT2D eigenvalue weighted by Gasteiger charge is 2.40. The third-order valence-electron chi connectivity index (χ3n) is 1.92. The maximum absolute atomic E-state index is 12.4. The van der Waals surface area contributed by atoms with E-state index in [4.69, 9.17) is 5.73 Å². The van der Waals surface area contributed by atoms with Crippen LogP contribution in [0, 0.1) is 6.92 Å². The van der Waals surface area contributed by atoms with Crippen LogP contribution in [0.3, 0.4) is 0 Å². The Morgan fingerprint density at radius 2 is 2.07 bits per heavy atom. The van der Waals surface area contributed by atoms with Crippen molar-refractivity contribution in [2.45, 2.75) is 19.0 Å². The van der Waals surface area contributed by atoms with Crippen LogP contribution in [0.4, 0.5) is 13.2 Å². The van der Waals surface area contributed by atoms with Crippen molar-refractivity contribution < 1.29 is 13.2 Å². The summed E-state index contributed by atoms with van der Waals surface area (Å²) in [5, 5.41) is 0. The molecule has 1 aromatic rings. The van der Waals surface area contributed by atoms with E-state index in [0.29, 0.717) is 0 Å². The molecule has 2 nitrogen and oxygen atoms in total. The van der Waals surface area contributed by atoms with Crippen molar-refractivity contribution in [3.05, 3.63) is 29.6 Å². The van der Waals surface area contributed by atoms with E-state index in [1.807, 2.05) is 0 Å². The zero-order valence-corrected chi connectivity index (χ0v) is 7.67. The molecule has 0 aromatic carbocycles. The molecule has 78 valence electrons. The molecule has 0 radical (unpaired) electrons. The smallest absolute Gasteiger partial charge is 0.329 e. The van der Waals surface area contributed by atoms with Gasteiger partial charge in [-0.15, -0.1) is 0 Å². The summed E-state index contributed by atoms with van der Waals surface area (Å²) in [6.45, 7) is 1.29. The minimum absolute atomic E-state index is 0.0226. The van der Waals surface area contributed by atoms with Gasteiger partial charge >= 0.3 is 6.18 Å². The van der Waals surface area contributed by atoms with Gasteiger partial charge in [-0.05, 0) is 18.6 Å². The second-order valence-corrected chi connectivity index (χ2v) is 3.09. The molecule has 14 heavy (non-hydrogen) atoms. The van der Waals surface area contributed by atoms with E-state index in [0.717, 1.165) is 5.56 Å². The lowest BCUT2D eigenvalue weighted by Gasteiger charge is -2.17. The number of aryl methyl sites for hydroxylation is 1. The molecule has 2 N–H and O–H groups in total. The molecule has 1 atom stereocenters. The maximum Gasteiger partial charge on any atom is 0.398 e. The Bertz CT molecular complexity index is 292. The van der Waals surface area contributed by atoms with Gasteiger partial charge in [0.25, 0.3) is 0 Å². The molecule has 0 aliphatic rings. The molecule has 1 rings (SSSR count). The van der Waals surface area contributed by atoms with Crippen LogP contribution < -0.4 is 5.73 Å². The SMILES string of the molecule is Cc1ccc(C(CN)C(F)(F)F)nc1. The summed E-state index contributed by atoms with van der Waals surface area (Å²) >= 11 is 0. The summed E-state index contributed by atoms with van der Waals surface area (Å²) in [5.74, 6) is -1.66. The normalized spacial score (nSPS) is 14.1. The molecule has 0 saturated heterocycles. The first-order valence-corrected chi connectivity index (χ1v) is 4.14. The van der Waals surface area contributed by atoms with Crippen LogP contribution in [0.5, 0.6) is 0 Å². The minimum atomic E-state index is -4.32. The van der Waals surface area contributed by atoms with Crippen LogP contribution >= 0.6 is 0 Å². The van der Waals surface area contributed by atoms with Gasteiger partial charge in [0.05, 0.1) is 5.69 Å². The lowest BCUT2D eigenvalue weighted by atomic mass is 10.0. The highest BCUT2D eigenvalue weighted by molar-refractivity contribution is 5.17. The van der Waals surface area contributed by atoms with Crippen molar-refractivity contribution in [3.8, 4) is 0 Å². The monoisotopic (exact) mass is 204 g/mol. The first-order valence-electron chi connectivity index (χ1n) is 4.14. The molecule has 0 fully saturated rings. The molecule has 0 aliphatic carbocycles. The maximum atomic E-state index is 12.4. The predicted octanol–water partition coefficient (Wildman–Crippen LogP) is 1.99. The van der Waals surface area contributed by atoms with Gasteiger partial charge in [0, 0.05) is 12.7 Å². The van der Waals surface area contributed by atoms with E-state index in [9.17, 15) is 13.2 Å². The Morgan fingerprint density at radius 1 is 1.43 bits per heavy atom. The third kappa shape index (κ3) is 2.45. The molecule has 0 aliphatic heterocycles. The van der Waals surface area contributed by atoms with Crippen LogP contribution in [0.15, 0.2) is 18.3 Å². The summed E-state index contributed by atoms with van der Waals surface area (Å²) in [4.78, 5) is 3.72. The number of alkyl halides is 3. The topological polar surface area (TPSA) is 38.9 Å². The molecule has 0 saturated carbocycles. The fraction of sp³-hybridized carbons (Fsp3) is 0.444. The zero-order chi connectivity index (χ0) is 10.8. The fourth-order valence-corrected chi connectivity index (χ4v) is 1.11. The number of halogens is 3. The van der Waals surface area contributed by atoms with Crippen molar-refractivity contribution in [2.24, 2.45) is 5.73 Å². The average Bonchev–Trinajstić information content (AvgIpc) is 2.07. The highest BCUT2D eigenvalue weighted by Crippen LogP contribution is 2.32. The number of pyridine rings is 1. The van der Waals surface area contributed by atoms with E-state index in [-0.39, 0.29) is 5.69 Å². The molecule has 1 unspecified atom stereocenters. The van der Waals surface area contributed by atoms with Crippen molar-refractivity contribution in [3.63, 3.8) is 0 Å². The standard InChI is InChI=1S/C9H11F3N2/c1-6-2-3-8(14-5-6)7(4-13)9(10,11)12/h2-3,5,7H,4,13H2,1H3. The number of nitrogens with two attached hydrogens (primary N) is 1. The Labute approximate surface area is 79.9 Å². The number of hydrogen-bond acceptors (Lipinski definition) is 2. The lowest BCUT2D eigenvalue weighted by molar-refractivity contribution is -0.148. The van der Waals surface area contributed by atoms with E-state index in [2.05, 4.69) is 4.98 Å². The Morgan fingerprint density at radius 3 is 2.43 bits per heavy atom. The average molecular weight is 204 g/mol. The van der Waals surface area contributed by atoms with Gasteiger partial charge in [-0.25, -0.2) is 0 Å². The molecular weight excluding hydrogens is 193 g/mol. The summed E-state index contributed by atoms with van der Waals surface area (Å²) in [5.41, 5.74) is 5.87. The second kappa shape index (κ2) is 3.96. The van der Waals surface area contributed by atoms with Crippen molar-refractivity contribution in [2.75, 3.05) is 6.54 Å². The lowest BCUT2D eigenvalue weighted by Crippen LogP contribution is -2.28. The van der Waals surface area contributed by atoms with E-state index in [1.54, 1.807) is 13.0 Å². The number of hydrogen-bond donors (Lipinski definition) is 1. The largest absolute Gasteiger partial charge is 0.398 e. The Balaban J connectivity index is 2.96. The van der Waals surface area contributed by atoms with Crippen LogP contribution in [-0.2, 0) is 0 Å². The molecule has 1 aromatic heterocycles. The molecule has 0 amide bonds. The zero-order valence-electron chi connectivity index (χ0n) is 7.67. The summed E-state index contributed by atoms with van der Waals surface area (Å²) in [6, 6.07) is 2.96. The van der Waals surface area contributed by atoms with Crippen molar-refractivity contribution >= 4 is 0 Å². The number of rotatable bonds is 2. The minimum Gasteiger partial charge on any atom is -0.329 e. The second-order valence-electron chi connectivity index (χ2n) is 3.09. The van der Waals surface area contributed by atoms with Gasteiger partial charge in [-0.3, -0.25) is 4.98 Å². The van der Waals surface area contributed by atoms with Gasteiger partial charge in [0.2, 0.25) is 0 Å². The van der Waals surface area contributed by atoms with Crippen molar-refractivity contribution in [1.29, 1.82) is 0 Å². The number of aromatic nitrogens is 1. The highest BCUT2D eigenvalue weighted by atomic mass is 19.4. The predicted molar refractivity (Wildman–Crippen MR) is 46.8 cm³/mol. The first kappa shape index (κ1) is 11.0. The fourth-order valence-electron chi connectivity index (χ4n) is 1.11. The van der Waals surface area contributed by atoms with Gasteiger partial charge in [-0.1, -0.05) is 6.07 Å². The molecule has 0 spiro atoms. The van der Waals surface area contributed by atoms with E-state index >= 15 is 0 Å². The van der Waals surface area contributed by atoms with E-state index < -0.39 is 18.6 Å². The van der Waals surface area contributed by atoms with Gasteiger partial charge in [0.15, 0.2) is 0 Å². The van der Waals surface area contributed by atoms with E-state index in [1.165, 1.54) is 12.3 Å². The van der Waals surface area contributed by atoms with Gasteiger partial charge in [-0.2, -0.15) is 13.2 Å². The van der Waals surface area contributed by atoms with Gasteiger partial charge in [0.1, 0.15) is 5.92 Å². The van der Waals surface area contributed by atoms with Gasteiger partial charge < -0.3 is 5.73 Å². The first-order chi connectivity index (χ1) is 6.45. The Kier molecular flexibility index (Phi) is 3.10. The Hall–Kier alpha value is -1.10. The molecule has 0 bridgehead atoms. The third-order valence-corrected chi connectivity index (χ3v) is 1.92. The quantitative estimate of drug-likeness (QED) is 0.800. The van der Waals surface area contributed by atoms with Crippen LogP contribution in [0.25, 0.3) is 0 Å². The van der Waals surface area contributed by atoms with Crippen molar-refractivity contribution in [1.82, 2.24) is 4.98 Å². The molecule has 1 heterocycles. The summed E-state index contributed by atoms with van der Waals surface area (Å²) in [7, 11) is 0. The summed E-state index contributed by atoms with van der Waals surface area (Å²) < 4.78 is 37.2. The van der Waals surface area contributed by atoms with Crippen LogP contribution in [-0.4, -0.2) is 17.7 Å². The van der Waals surface area contributed by atoms with Crippen LogP contribution in [0.2, 0.25) is 0 Å². The number of nitrogens with zero attached hydrogens (tertiary/aromatic N) is 1. The molecular formula is C9H11F3N2. The summed E-state index contributed by atoms with van der Waals surface area (Å²) in [6.07, 6.45) is -2.92. The van der Waals surface area contributed by atoms with Crippen LogP contribution in [0.1, 0.15) is 17.2 Å².